The molecular weight excluding hydrogens is 346 g/mol. The molecule has 2 fully saturated rings. The first-order valence-corrected chi connectivity index (χ1v) is 10.9. The van der Waals surface area contributed by atoms with Crippen LogP contribution in [-0.2, 0) is 11.2 Å². The monoisotopic (exact) mass is 379 g/mol. The van der Waals surface area contributed by atoms with E-state index in [0.717, 1.165) is 49.7 Å². The molecule has 3 heterocycles. The van der Waals surface area contributed by atoms with Gasteiger partial charge in [0.2, 0.25) is 5.91 Å². The van der Waals surface area contributed by atoms with Crippen LogP contribution < -0.4 is 0 Å². The third-order valence-corrected chi connectivity index (χ3v) is 7.22. The Labute approximate surface area is 161 Å². The van der Waals surface area contributed by atoms with Crippen LogP contribution in [-0.4, -0.2) is 65.1 Å². The van der Waals surface area contributed by atoms with E-state index in [2.05, 4.69) is 23.7 Å². The lowest BCUT2D eigenvalue weighted by atomic mass is 9.64. The number of aromatic nitrogens is 1. The summed E-state index contributed by atoms with van der Waals surface area (Å²) in [5.74, 6) is 1.15. The van der Waals surface area contributed by atoms with Crippen LogP contribution in [0.3, 0.4) is 0 Å². The zero-order valence-corrected chi connectivity index (χ0v) is 17.0. The number of hydrogen-bond donors (Lipinski definition) is 1. The third kappa shape index (κ3) is 4.65. The van der Waals surface area contributed by atoms with Crippen molar-refractivity contribution < 1.29 is 9.90 Å². The van der Waals surface area contributed by atoms with Crippen LogP contribution in [0.15, 0.2) is 11.7 Å². The van der Waals surface area contributed by atoms with Crippen molar-refractivity contribution in [3.8, 4) is 0 Å². The van der Waals surface area contributed by atoms with Gasteiger partial charge < -0.3 is 14.9 Å². The molecule has 146 valence electrons. The van der Waals surface area contributed by atoms with Gasteiger partial charge in [0.25, 0.3) is 0 Å². The Morgan fingerprint density at radius 2 is 2.08 bits per heavy atom. The lowest BCUT2D eigenvalue weighted by Crippen LogP contribution is -2.55. The van der Waals surface area contributed by atoms with Crippen LogP contribution in [0.2, 0.25) is 0 Å². The maximum atomic E-state index is 12.6. The maximum Gasteiger partial charge on any atom is 0.227 e. The zero-order chi connectivity index (χ0) is 18.6. The number of likely N-dealkylation sites (tertiary alicyclic amines) is 2. The van der Waals surface area contributed by atoms with Gasteiger partial charge in [-0.25, -0.2) is 0 Å². The Hall–Kier alpha value is -0.980. The van der Waals surface area contributed by atoms with E-state index in [1.165, 1.54) is 24.3 Å². The first kappa shape index (κ1) is 19.8. The van der Waals surface area contributed by atoms with E-state index in [-0.39, 0.29) is 23.8 Å². The highest BCUT2D eigenvalue weighted by Gasteiger charge is 2.45. The fourth-order valence-corrected chi connectivity index (χ4v) is 5.09. The summed E-state index contributed by atoms with van der Waals surface area (Å²) >= 11 is 1.54. The van der Waals surface area contributed by atoms with Crippen LogP contribution >= 0.6 is 11.3 Å². The smallest absolute Gasteiger partial charge is 0.227 e. The Morgan fingerprint density at radius 1 is 1.35 bits per heavy atom. The summed E-state index contributed by atoms with van der Waals surface area (Å²) in [7, 11) is 0. The minimum atomic E-state index is 0.178. The molecule has 3 rings (SSSR count). The molecule has 1 amide bonds. The fraction of sp³-hybridized carbons (Fsp3) is 0.800. The molecule has 26 heavy (non-hydrogen) atoms. The number of hydrogen-bond acceptors (Lipinski definition) is 5. The molecule has 1 N–H and O–H groups in total. The van der Waals surface area contributed by atoms with Gasteiger partial charge in [0.15, 0.2) is 0 Å². The molecule has 0 radical (unpaired) electrons. The number of piperidine rings is 2. The molecule has 0 aromatic carbocycles. The van der Waals surface area contributed by atoms with Crippen molar-refractivity contribution in [2.75, 3.05) is 39.3 Å². The molecule has 1 unspecified atom stereocenters. The minimum Gasteiger partial charge on any atom is -0.396 e. The van der Waals surface area contributed by atoms with Crippen molar-refractivity contribution in [2.24, 2.45) is 17.3 Å². The molecule has 6 heteroatoms. The first-order chi connectivity index (χ1) is 12.5. The molecule has 5 nitrogen and oxygen atoms in total. The molecule has 2 saturated heterocycles. The van der Waals surface area contributed by atoms with E-state index >= 15 is 0 Å². The SMILES string of the molecule is CC(C)CCN1CCC2(CC1)CCN(C(=O)Cc1cncs1)CC2CO. The third-order valence-electron chi connectivity index (χ3n) is 6.44. The summed E-state index contributed by atoms with van der Waals surface area (Å²) in [6.07, 6.45) is 6.84. The van der Waals surface area contributed by atoms with E-state index in [4.69, 9.17) is 0 Å². The Bertz CT molecular complexity index is 568. The predicted octanol–water partition coefficient (Wildman–Crippen LogP) is 2.65. The summed E-state index contributed by atoms with van der Waals surface area (Å²) in [6, 6.07) is 0. The van der Waals surface area contributed by atoms with Crippen molar-refractivity contribution in [3.05, 3.63) is 16.6 Å². The van der Waals surface area contributed by atoms with Crippen molar-refractivity contribution >= 4 is 17.2 Å². The number of aliphatic hydroxyl groups excluding tert-OH is 1. The molecule has 0 bridgehead atoms. The molecule has 2 aliphatic rings. The highest BCUT2D eigenvalue weighted by molar-refractivity contribution is 7.09. The molecule has 1 atom stereocenters. The van der Waals surface area contributed by atoms with Crippen molar-refractivity contribution in [3.63, 3.8) is 0 Å². The lowest BCUT2D eigenvalue weighted by Gasteiger charge is -2.51. The highest BCUT2D eigenvalue weighted by atomic mass is 32.1. The number of carbonyl (C=O) groups is 1. The first-order valence-electron chi connectivity index (χ1n) is 10.0. The predicted molar refractivity (Wildman–Crippen MR) is 105 cm³/mol. The molecule has 2 aliphatic heterocycles. The van der Waals surface area contributed by atoms with Gasteiger partial charge in [-0.15, -0.1) is 11.3 Å². The van der Waals surface area contributed by atoms with Crippen LogP contribution in [0.4, 0.5) is 0 Å². The maximum absolute atomic E-state index is 12.6. The van der Waals surface area contributed by atoms with E-state index in [1.807, 2.05) is 4.90 Å². The highest BCUT2D eigenvalue weighted by Crippen LogP contribution is 2.45. The normalized spacial score (nSPS) is 23.7. The van der Waals surface area contributed by atoms with E-state index in [0.29, 0.717) is 13.0 Å². The Kier molecular flexibility index (Phi) is 6.70. The number of carbonyl (C=O) groups excluding carboxylic acids is 1. The van der Waals surface area contributed by atoms with Gasteiger partial charge in [0.1, 0.15) is 0 Å². The molecular formula is C20H33N3O2S. The average Bonchev–Trinajstić information content (AvgIpc) is 3.14. The standard InChI is InChI=1S/C20H33N3O2S/c1-16(2)3-7-22-8-4-20(5-9-22)6-10-23(13-17(20)14-24)19(25)11-18-12-21-15-26-18/h12,15-17,24H,3-11,13-14H2,1-2H3. The van der Waals surface area contributed by atoms with E-state index < -0.39 is 0 Å². The van der Waals surface area contributed by atoms with E-state index in [1.54, 1.807) is 11.7 Å². The van der Waals surface area contributed by atoms with Crippen LogP contribution in [0.5, 0.6) is 0 Å². The minimum absolute atomic E-state index is 0.178. The van der Waals surface area contributed by atoms with Gasteiger partial charge in [-0.05, 0) is 56.7 Å². The van der Waals surface area contributed by atoms with Crippen molar-refractivity contribution in [1.82, 2.24) is 14.8 Å². The fourth-order valence-electron chi connectivity index (χ4n) is 4.50. The van der Waals surface area contributed by atoms with Gasteiger partial charge >= 0.3 is 0 Å². The topological polar surface area (TPSA) is 56.7 Å². The average molecular weight is 380 g/mol. The van der Waals surface area contributed by atoms with Gasteiger partial charge in [0.05, 0.1) is 11.9 Å². The number of nitrogens with zero attached hydrogens (tertiary/aromatic N) is 3. The number of aliphatic hydroxyl groups is 1. The summed E-state index contributed by atoms with van der Waals surface area (Å²) in [6.45, 7) is 9.77. The van der Waals surface area contributed by atoms with Crippen molar-refractivity contribution in [2.45, 2.75) is 46.0 Å². The summed E-state index contributed by atoms with van der Waals surface area (Å²) in [5.41, 5.74) is 2.00. The second-order valence-electron chi connectivity index (χ2n) is 8.50. The number of rotatable bonds is 6. The zero-order valence-electron chi connectivity index (χ0n) is 16.2. The Morgan fingerprint density at radius 3 is 2.69 bits per heavy atom. The van der Waals surface area contributed by atoms with Crippen LogP contribution in [0.1, 0.15) is 44.4 Å². The van der Waals surface area contributed by atoms with Gasteiger partial charge in [-0.2, -0.15) is 0 Å². The van der Waals surface area contributed by atoms with Crippen LogP contribution in [0, 0.1) is 17.3 Å². The van der Waals surface area contributed by atoms with Gasteiger partial charge in [-0.1, -0.05) is 13.8 Å². The van der Waals surface area contributed by atoms with Crippen molar-refractivity contribution in [1.29, 1.82) is 0 Å². The number of amides is 1. The summed E-state index contributed by atoms with van der Waals surface area (Å²) in [5, 5.41) is 10.0. The molecule has 0 saturated carbocycles. The molecule has 1 spiro atoms. The van der Waals surface area contributed by atoms with Gasteiger partial charge in [0, 0.05) is 36.7 Å². The second-order valence-corrected chi connectivity index (χ2v) is 9.47. The number of thiazole rings is 1. The van der Waals surface area contributed by atoms with E-state index in [9.17, 15) is 9.90 Å². The Balaban J connectivity index is 1.54. The molecule has 1 aromatic rings. The summed E-state index contributed by atoms with van der Waals surface area (Å²) in [4.78, 5) is 22.2. The molecule has 0 aliphatic carbocycles. The quantitative estimate of drug-likeness (QED) is 0.826. The lowest BCUT2D eigenvalue weighted by molar-refractivity contribution is -0.137. The second kappa shape index (κ2) is 8.81. The summed E-state index contributed by atoms with van der Waals surface area (Å²) < 4.78 is 0. The van der Waals surface area contributed by atoms with Gasteiger partial charge in [-0.3, -0.25) is 9.78 Å². The van der Waals surface area contributed by atoms with Crippen LogP contribution in [0.25, 0.3) is 0 Å². The molecule has 1 aromatic heterocycles. The largest absolute Gasteiger partial charge is 0.396 e.